The number of carbonyl (C=O) groups is 4. The van der Waals surface area contributed by atoms with Crippen LogP contribution < -0.4 is 10.1 Å². The number of ketones is 1. The Bertz CT molecular complexity index is 1020. The number of aliphatic hydroxyl groups is 1. The molecule has 33 heavy (non-hydrogen) atoms. The van der Waals surface area contributed by atoms with E-state index in [9.17, 15) is 19.2 Å². The Kier molecular flexibility index (Phi) is 9.18. The number of ether oxygens (including phenoxy) is 3. The third kappa shape index (κ3) is 7.21. The number of hydrogen-bond donors (Lipinski definition) is 2. The molecule has 0 aromatic heterocycles. The molecule has 2 rings (SSSR count). The summed E-state index contributed by atoms with van der Waals surface area (Å²) in [5, 5.41) is 19.0. The molecule has 0 heterocycles. The molecule has 0 aliphatic heterocycles. The number of azo groups is 1. The highest BCUT2D eigenvalue weighted by molar-refractivity contribution is 6.10. The molecule has 11 nitrogen and oxygen atoms in total. The molecule has 0 spiro atoms. The number of amides is 1. The molecule has 1 atom stereocenters. The molecule has 11 heteroatoms. The summed E-state index contributed by atoms with van der Waals surface area (Å²) in [6.45, 7) is 1.18. The number of aliphatic hydroxyl groups excluding tert-OH is 1. The SMILES string of the molecule is COC(=O)c1cc(N=NC(C(C)=O)C(=O)Nc2ccc(OCCO)cc2)cc(C(=O)OC)c1. The van der Waals surface area contributed by atoms with Gasteiger partial charge in [-0.1, -0.05) is 0 Å². The number of Topliss-reactive ketones (excluding diaryl/α,β-unsaturated/α-hetero) is 1. The molecule has 0 radical (unpaired) electrons. The summed E-state index contributed by atoms with van der Waals surface area (Å²) in [5.41, 5.74) is 0.463. The van der Waals surface area contributed by atoms with E-state index < -0.39 is 29.7 Å². The summed E-state index contributed by atoms with van der Waals surface area (Å²) in [6.07, 6.45) is 0. The highest BCUT2D eigenvalue weighted by atomic mass is 16.5. The number of carbonyl (C=O) groups excluding carboxylic acids is 4. The summed E-state index contributed by atoms with van der Waals surface area (Å²) in [6, 6.07) is 8.66. The van der Waals surface area contributed by atoms with Crippen LogP contribution in [0.3, 0.4) is 0 Å². The minimum absolute atomic E-state index is 0.0154. The molecule has 0 fully saturated rings. The van der Waals surface area contributed by atoms with Gasteiger partial charge in [-0.3, -0.25) is 9.59 Å². The van der Waals surface area contributed by atoms with Crippen molar-refractivity contribution in [2.45, 2.75) is 13.0 Å². The standard InChI is InChI=1S/C22H23N3O8/c1-13(27)19(20(28)23-16-4-6-18(7-5-16)33-9-8-26)25-24-17-11-14(21(29)31-2)10-15(12-17)22(30)32-3/h4-7,10-12,19,26H,8-9H2,1-3H3,(H,23,28). The first-order valence-electron chi connectivity index (χ1n) is 9.66. The van der Waals surface area contributed by atoms with Crippen LogP contribution in [0, 0.1) is 0 Å². The topological polar surface area (TPSA) is 153 Å². The van der Waals surface area contributed by atoms with Crippen LogP contribution in [0.15, 0.2) is 52.7 Å². The fourth-order valence-electron chi connectivity index (χ4n) is 2.59. The molecule has 0 aliphatic carbocycles. The molecule has 1 unspecified atom stereocenters. The van der Waals surface area contributed by atoms with Gasteiger partial charge in [-0.05, 0) is 49.4 Å². The monoisotopic (exact) mass is 457 g/mol. The van der Waals surface area contributed by atoms with E-state index >= 15 is 0 Å². The van der Waals surface area contributed by atoms with E-state index in [0.29, 0.717) is 11.4 Å². The van der Waals surface area contributed by atoms with Crippen molar-refractivity contribution in [1.29, 1.82) is 0 Å². The zero-order chi connectivity index (χ0) is 24.4. The predicted octanol–water partition coefficient (Wildman–Crippen LogP) is 2.31. The zero-order valence-electron chi connectivity index (χ0n) is 18.2. The van der Waals surface area contributed by atoms with E-state index in [1.165, 1.54) is 39.3 Å². The van der Waals surface area contributed by atoms with Crippen LogP contribution in [-0.2, 0) is 19.1 Å². The number of esters is 2. The molecule has 1 amide bonds. The summed E-state index contributed by atoms with van der Waals surface area (Å²) in [4.78, 5) is 48.3. The molecule has 2 aromatic rings. The van der Waals surface area contributed by atoms with Gasteiger partial charge in [0.15, 0.2) is 5.78 Å². The Labute approximate surface area is 189 Å². The molecular weight excluding hydrogens is 434 g/mol. The number of nitrogens with zero attached hydrogens (tertiary/aromatic N) is 2. The zero-order valence-corrected chi connectivity index (χ0v) is 18.2. The molecule has 0 saturated carbocycles. The van der Waals surface area contributed by atoms with Gasteiger partial charge >= 0.3 is 11.9 Å². The average Bonchev–Trinajstić information content (AvgIpc) is 2.82. The normalized spacial score (nSPS) is 11.5. The van der Waals surface area contributed by atoms with Crippen LogP contribution in [0.25, 0.3) is 0 Å². The second kappa shape index (κ2) is 12.1. The maximum Gasteiger partial charge on any atom is 0.337 e. The molecule has 2 aromatic carbocycles. The molecule has 2 N–H and O–H groups in total. The van der Waals surface area contributed by atoms with Crippen LogP contribution in [-0.4, -0.2) is 62.2 Å². The maximum absolute atomic E-state index is 12.6. The number of rotatable bonds is 10. The van der Waals surface area contributed by atoms with Crippen molar-refractivity contribution in [1.82, 2.24) is 0 Å². The summed E-state index contributed by atoms with van der Waals surface area (Å²) in [7, 11) is 2.35. The molecule has 0 saturated heterocycles. The van der Waals surface area contributed by atoms with Crippen LogP contribution in [0.2, 0.25) is 0 Å². The summed E-state index contributed by atoms with van der Waals surface area (Å²) in [5.74, 6) is -2.24. The van der Waals surface area contributed by atoms with Gasteiger partial charge in [0.05, 0.1) is 37.6 Å². The van der Waals surface area contributed by atoms with Crippen molar-refractivity contribution in [2.75, 3.05) is 32.8 Å². The van der Waals surface area contributed by atoms with Gasteiger partial charge in [-0.25, -0.2) is 9.59 Å². The lowest BCUT2D eigenvalue weighted by Crippen LogP contribution is -2.31. The fraction of sp³-hybridized carbons (Fsp3) is 0.273. The van der Waals surface area contributed by atoms with E-state index in [4.69, 9.17) is 9.84 Å². The highest BCUT2D eigenvalue weighted by Gasteiger charge is 2.23. The second-order valence-corrected chi connectivity index (χ2v) is 6.57. The molecular formula is C22H23N3O8. The fourth-order valence-corrected chi connectivity index (χ4v) is 2.59. The quantitative estimate of drug-likeness (QED) is 0.313. The average molecular weight is 457 g/mol. The summed E-state index contributed by atoms with van der Waals surface area (Å²) < 4.78 is 14.6. The number of nitrogens with one attached hydrogen (secondary N) is 1. The highest BCUT2D eigenvalue weighted by Crippen LogP contribution is 2.21. The van der Waals surface area contributed by atoms with Crippen LogP contribution in [0.4, 0.5) is 11.4 Å². The number of anilines is 1. The van der Waals surface area contributed by atoms with Gasteiger partial charge in [-0.2, -0.15) is 10.2 Å². The van der Waals surface area contributed by atoms with Crippen LogP contribution in [0.5, 0.6) is 5.75 Å². The number of hydrogen-bond acceptors (Lipinski definition) is 10. The Morgan fingerprint density at radius 3 is 2.03 bits per heavy atom. The number of methoxy groups -OCH3 is 2. The third-order valence-corrected chi connectivity index (χ3v) is 4.16. The first-order valence-corrected chi connectivity index (χ1v) is 9.66. The van der Waals surface area contributed by atoms with Crippen molar-refractivity contribution in [3.05, 3.63) is 53.6 Å². The van der Waals surface area contributed by atoms with Gasteiger partial charge in [0.1, 0.15) is 12.4 Å². The molecule has 0 aliphatic rings. The van der Waals surface area contributed by atoms with Gasteiger partial charge < -0.3 is 24.6 Å². The van der Waals surface area contributed by atoms with E-state index in [1.807, 2.05) is 0 Å². The predicted molar refractivity (Wildman–Crippen MR) is 116 cm³/mol. The minimum atomic E-state index is -1.47. The lowest BCUT2D eigenvalue weighted by molar-refractivity contribution is -0.126. The Morgan fingerprint density at radius 2 is 1.55 bits per heavy atom. The summed E-state index contributed by atoms with van der Waals surface area (Å²) >= 11 is 0. The number of benzene rings is 2. The largest absolute Gasteiger partial charge is 0.491 e. The van der Waals surface area contributed by atoms with E-state index in [-0.39, 0.29) is 30.0 Å². The maximum atomic E-state index is 12.6. The lowest BCUT2D eigenvalue weighted by Gasteiger charge is -2.10. The Hall–Kier alpha value is -4.12. The molecule has 0 bridgehead atoms. The van der Waals surface area contributed by atoms with Crippen molar-refractivity contribution in [3.8, 4) is 5.75 Å². The lowest BCUT2D eigenvalue weighted by atomic mass is 10.1. The van der Waals surface area contributed by atoms with Crippen LogP contribution in [0.1, 0.15) is 27.6 Å². The molecule has 174 valence electrons. The van der Waals surface area contributed by atoms with Crippen molar-refractivity contribution in [3.63, 3.8) is 0 Å². The van der Waals surface area contributed by atoms with E-state index in [2.05, 4.69) is 25.0 Å². The van der Waals surface area contributed by atoms with Gasteiger partial charge in [0.2, 0.25) is 6.04 Å². The van der Waals surface area contributed by atoms with E-state index in [0.717, 1.165) is 0 Å². The Morgan fingerprint density at radius 1 is 0.970 bits per heavy atom. The van der Waals surface area contributed by atoms with Gasteiger partial charge in [0, 0.05) is 5.69 Å². The first kappa shape index (κ1) is 25.1. The van der Waals surface area contributed by atoms with Crippen LogP contribution >= 0.6 is 0 Å². The van der Waals surface area contributed by atoms with E-state index in [1.54, 1.807) is 24.3 Å². The third-order valence-electron chi connectivity index (χ3n) is 4.16. The van der Waals surface area contributed by atoms with Crippen molar-refractivity contribution in [2.24, 2.45) is 10.2 Å². The van der Waals surface area contributed by atoms with Crippen molar-refractivity contribution < 1.29 is 38.5 Å². The smallest absolute Gasteiger partial charge is 0.337 e. The van der Waals surface area contributed by atoms with Gasteiger partial charge in [0.25, 0.3) is 5.91 Å². The van der Waals surface area contributed by atoms with Gasteiger partial charge in [-0.15, -0.1) is 0 Å². The minimum Gasteiger partial charge on any atom is -0.491 e. The second-order valence-electron chi connectivity index (χ2n) is 6.57. The Balaban J connectivity index is 2.23. The first-order chi connectivity index (χ1) is 15.8. The van der Waals surface area contributed by atoms with Crippen molar-refractivity contribution >= 4 is 35.0 Å².